The van der Waals surface area contributed by atoms with Crippen LogP contribution >= 0.6 is 27.3 Å². The molecule has 1 heterocycles. The van der Waals surface area contributed by atoms with Gasteiger partial charge in [-0.1, -0.05) is 28.1 Å². The molecular weight excluding hydrogens is 288 g/mol. The molecule has 1 aromatic carbocycles. The molecule has 2 aromatic rings. The normalized spacial score (nSPS) is 10.7. The minimum atomic E-state index is 0.363. The lowest BCUT2D eigenvalue weighted by molar-refractivity contribution is 0.124. The minimum Gasteiger partial charge on any atom is -0.297 e. The SMILES string of the molecule is Cc1sc(CON)nc1-c1ccc(Br)cc1. The summed E-state index contributed by atoms with van der Waals surface area (Å²) in [6.45, 7) is 2.41. The fourth-order valence-electron chi connectivity index (χ4n) is 1.46. The van der Waals surface area contributed by atoms with Gasteiger partial charge in [0.1, 0.15) is 11.6 Å². The van der Waals surface area contributed by atoms with Crippen LogP contribution < -0.4 is 5.90 Å². The average molecular weight is 299 g/mol. The van der Waals surface area contributed by atoms with Crippen molar-refractivity contribution in [3.8, 4) is 11.3 Å². The van der Waals surface area contributed by atoms with Crippen molar-refractivity contribution in [1.29, 1.82) is 0 Å². The zero-order valence-electron chi connectivity index (χ0n) is 8.74. The molecule has 0 radical (unpaired) electrons. The molecule has 16 heavy (non-hydrogen) atoms. The number of hydrogen-bond acceptors (Lipinski definition) is 4. The summed E-state index contributed by atoms with van der Waals surface area (Å²) in [6, 6.07) is 8.10. The second-order valence-corrected chi connectivity index (χ2v) is 5.53. The molecular formula is C11H11BrN2OS. The molecule has 0 saturated heterocycles. The fraction of sp³-hybridized carbons (Fsp3) is 0.182. The van der Waals surface area contributed by atoms with E-state index >= 15 is 0 Å². The zero-order chi connectivity index (χ0) is 11.5. The Labute approximate surface area is 106 Å². The van der Waals surface area contributed by atoms with E-state index in [0.717, 1.165) is 20.7 Å². The summed E-state index contributed by atoms with van der Waals surface area (Å²) in [6.07, 6.45) is 0. The van der Waals surface area contributed by atoms with Gasteiger partial charge in [0.25, 0.3) is 0 Å². The zero-order valence-corrected chi connectivity index (χ0v) is 11.1. The molecule has 0 unspecified atom stereocenters. The highest BCUT2D eigenvalue weighted by Gasteiger charge is 2.09. The molecule has 0 amide bonds. The van der Waals surface area contributed by atoms with Crippen molar-refractivity contribution in [3.63, 3.8) is 0 Å². The van der Waals surface area contributed by atoms with Crippen molar-refractivity contribution >= 4 is 27.3 Å². The number of nitrogens with two attached hydrogens (primary N) is 1. The fourth-order valence-corrected chi connectivity index (χ4v) is 2.60. The Kier molecular flexibility index (Phi) is 3.70. The van der Waals surface area contributed by atoms with Crippen molar-refractivity contribution in [2.45, 2.75) is 13.5 Å². The van der Waals surface area contributed by atoms with Gasteiger partial charge in [-0.2, -0.15) is 0 Å². The Morgan fingerprint density at radius 3 is 2.69 bits per heavy atom. The topological polar surface area (TPSA) is 48.1 Å². The van der Waals surface area contributed by atoms with E-state index < -0.39 is 0 Å². The van der Waals surface area contributed by atoms with Crippen LogP contribution in [0.25, 0.3) is 11.3 Å². The molecule has 0 saturated carbocycles. The highest BCUT2D eigenvalue weighted by Crippen LogP contribution is 2.28. The van der Waals surface area contributed by atoms with Gasteiger partial charge in [-0.15, -0.1) is 11.3 Å². The molecule has 0 spiro atoms. The Bertz CT molecular complexity index is 481. The average Bonchev–Trinajstić information content (AvgIpc) is 2.61. The van der Waals surface area contributed by atoms with E-state index in [1.54, 1.807) is 11.3 Å². The summed E-state index contributed by atoms with van der Waals surface area (Å²) < 4.78 is 1.06. The molecule has 3 nitrogen and oxygen atoms in total. The first-order valence-electron chi connectivity index (χ1n) is 4.74. The third kappa shape index (κ3) is 2.49. The predicted octanol–water partition coefficient (Wildman–Crippen LogP) is 3.27. The van der Waals surface area contributed by atoms with E-state index in [0.29, 0.717) is 6.61 Å². The Morgan fingerprint density at radius 2 is 2.06 bits per heavy atom. The third-order valence-corrected chi connectivity index (χ3v) is 3.64. The lowest BCUT2D eigenvalue weighted by Gasteiger charge is -1.98. The summed E-state index contributed by atoms with van der Waals surface area (Å²) in [5, 5.41) is 0.901. The summed E-state index contributed by atoms with van der Waals surface area (Å²) >= 11 is 5.02. The number of thiazole rings is 1. The first kappa shape index (κ1) is 11.7. The Morgan fingerprint density at radius 1 is 1.38 bits per heavy atom. The molecule has 0 bridgehead atoms. The maximum atomic E-state index is 5.04. The maximum Gasteiger partial charge on any atom is 0.121 e. The van der Waals surface area contributed by atoms with Crippen LogP contribution in [0.15, 0.2) is 28.7 Å². The van der Waals surface area contributed by atoms with Crippen LogP contribution in [0.3, 0.4) is 0 Å². The highest BCUT2D eigenvalue weighted by molar-refractivity contribution is 9.10. The highest BCUT2D eigenvalue weighted by atomic mass is 79.9. The predicted molar refractivity (Wildman–Crippen MR) is 69.0 cm³/mol. The van der Waals surface area contributed by atoms with Gasteiger partial charge in [-0.3, -0.25) is 4.84 Å². The second kappa shape index (κ2) is 5.05. The first-order chi connectivity index (χ1) is 7.70. The van der Waals surface area contributed by atoms with E-state index in [-0.39, 0.29) is 0 Å². The minimum absolute atomic E-state index is 0.363. The number of benzene rings is 1. The third-order valence-electron chi connectivity index (χ3n) is 2.17. The van der Waals surface area contributed by atoms with E-state index in [9.17, 15) is 0 Å². The van der Waals surface area contributed by atoms with Crippen LogP contribution in [0.1, 0.15) is 9.88 Å². The van der Waals surface area contributed by atoms with Gasteiger partial charge < -0.3 is 0 Å². The van der Waals surface area contributed by atoms with Crippen molar-refractivity contribution in [2.75, 3.05) is 0 Å². The number of aromatic nitrogens is 1. The molecule has 84 valence electrons. The van der Waals surface area contributed by atoms with Crippen LogP contribution in [0, 0.1) is 6.92 Å². The van der Waals surface area contributed by atoms with Crippen LogP contribution in [0.5, 0.6) is 0 Å². The molecule has 1 aromatic heterocycles. The van der Waals surface area contributed by atoms with Crippen molar-refractivity contribution < 1.29 is 4.84 Å². The van der Waals surface area contributed by atoms with Gasteiger partial charge in [0, 0.05) is 14.9 Å². The summed E-state index contributed by atoms with van der Waals surface area (Å²) in [5.74, 6) is 5.04. The molecule has 2 rings (SSSR count). The molecule has 0 aliphatic heterocycles. The number of aryl methyl sites for hydroxylation is 1. The van der Waals surface area contributed by atoms with Crippen molar-refractivity contribution in [3.05, 3.63) is 38.6 Å². The van der Waals surface area contributed by atoms with Crippen LogP contribution in [0.4, 0.5) is 0 Å². The largest absolute Gasteiger partial charge is 0.297 e. The van der Waals surface area contributed by atoms with Gasteiger partial charge in [0.2, 0.25) is 0 Å². The first-order valence-corrected chi connectivity index (χ1v) is 6.35. The van der Waals surface area contributed by atoms with E-state index in [1.165, 1.54) is 4.88 Å². The smallest absolute Gasteiger partial charge is 0.121 e. The monoisotopic (exact) mass is 298 g/mol. The van der Waals surface area contributed by atoms with E-state index in [4.69, 9.17) is 5.90 Å². The molecule has 0 atom stereocenters. The van der Waals surface area contributed by atoms with E-state index in [1.807, 2.05) is 24.3 Å². The Hall–Kier alpha value is -0.750. The molecule has 0 fully saturated rings. The molecule has 5 heteroatoms. The molecule has 0 aliphatic rings. The summed E-state index contributed by atoms with van der Waals surface area (Å²) in [4.78, 5) is 10.3. The van der Waals surface area contributed by atoms with Crippen molar-refractivity contribution in [1.82, 2.24) is 4.98 Å². The maximum absolute atomic E-state index is 5.04. The summed E-state index contributed by atoms with van der Waals surface area (Å²) in [7, 11) is 0. The Balaban J connectivity index is 2.36. The standard InChI is InChI=1S/C11H11BrN2OS/c1-7-11(14-10(16-7)6-15-13)8-2-4-9(12)5-3-8/h2-5H,6,13H2,1H3. The van der Waals surface area contributed by atoms with Gasteiger partial charge in [-0.05, 0) is 19.1 Å². The van der Waals surface area contributed by atoms with Crippen LogP contribution in [-0.2, 0) is 11.4 Å². The number of rotatable bonds is 3. The molecule has 0 aliphatic carbocycles. The van der Waals surface area contributed by atoms with Crippen LogP contribution in [-0.4, -0.2) is 4.98 Å². The second-order valence-electron chi connectivity index (χ2n) is 3.33. The number of hydrogen-bond donors (Lipinski definition) is 1. The van der Waals surface area contributed by atoms with Gasteiger partial charge in [-0.25, -0.2) is 10.9 Å². The van der Waals surface area contributed by atoms with Gasteiger partial charge >= 0.3 is 0 Å². The lowest BCUT2D eigenvalue weighted by atomic mass is 10.1. The van der Waals surface area contributed by atoms with Gasteiger partial charge in [0.15, 0.2) is 0 Å². The lowest BCUT2D eigenvalue weighted by Crippen LogP contribution is -1.97. The van der Waals surface area contributed by atoms with Crippen molar-refractivity contribution in [2.24, 2.45) is 5.90 Å². The quantitative estimate of drug-likeness (QED) is 0.885. The molecule has 2 N–H and O–H groups in total. The summed E-state index contributed by atoms with van der Waals surface area (Å²) in [5.41, 5.74) is 2.12. The van der Waals surface area contributed by atoms with E-state index in [2.05, 4.69) is 32.7 Å². The number of nitrogens with zero attached hydrogens (tertiary/aromatic N) is 1. The van der Waals surface area contributed by atoms with Crippen LogP contribution in [0.2, 0.25) is 0 Å². The van der Waals surface area contributed by atoms with Gasteiger partial charge in [0.05, 0.1) is 5.69 Å². The number of halogens is 1.